The quantitative estimate of drug-likeness (QED) is 0.918. The summed E-state index contributed by atoms with van der Waals surface area (Å²) >= 11 is 0. The average molecular weight is 332 g/mol. The van der Waals surface area contributed by atoms with Crippen molar-refractivity contribution in [1.29, 1.82) is 0 Å². The Morgan fingerprint density at radius 3 is 2.67 bits per heavy atom. The minimum atomic E-state index is -0.00923. The molecule has 0 unspecified atom stereocenters. The summed E-state index contributed by atoms with van der Waals surface area (Å²) in [7, 11) is 0. The van der Waals surface area contributed by atoms with Crippen molar-refractivity contribution in [3.05, 3.63) is 18.0 Å². The second-order valence-corrected chi connectivity index (χ2v) is 7.06. The Balaban J connectivity index is 1.52. The molecule has 0 spiro atoms. The van der Waals surface area contributed by atoms with Crippen LogP contribution < -0.4 is 0 Å². The van der Waals surface area contributed by atoms with E-state index in [1.165, 1.54) is 5.56 Å². The van der Waals surface area contributed by atoms with E-state index in [2.05, 4.69) is 10.2 Å². The fraction of sp³-hybridized carbons (Fsp3) is 0.722. The van der Waals surface area contributed by atoms with Gasteiger partial charge in [0.05, 0.1) is 12.1 Å². The molecule has 0 saturated carbocycles. The van der Waals surface area contributed by atoms with Crippen molar-refractivity contribution in [1.82, 2.24) is 20.0 Å². The van der Waals surface area contributed by atoms with Crippen molar-refractivity contribution in [2.45, 2.75) is 51.4 Å². The van der Waals surface area contributed by atoms with Crippen molar-refractivity contribution in [2.75, 3.05) is 26.2 Å². The summed E-state index contributed by atoms with van der Waals surface area (Å²) in [6.07, 6.45) is 9.16. The molecule has 0 aliphatic carbocycles. The van der Waals surface area contributed by atoms with E-state index < -0.39 is 0 Å². The first kappa shape index (κ1) is 17.0. The maximum absolute atomic E-state index is 12.8. The lowest BCUT2D eigenvalue weighted by Crippen LogP contribution is -2.48. The molecule has 2 amide bonds. The van der Waals surface area contributed by atoms with Crippen LogP contribution >= 0.6 is 0 Å². The summed E-state index contributed by atoms with van der Waals surface area (Å²) in [6, 6.07) is 0. The average Bonchev–Trinajstić information content (AvgIpc) is 3.16. The zero-order valence-electron chi connectivity index (χ0n) is 14.5. The number of rotatable bonds is 4. The van der Waals surface area contributed by atoms with Gasteiger partial charge in [-0.25, -0.2) is 0 Å². The highest BCUT2D eigenvalue weighted by molar-refractivity contribution is 5.81. The highest BCUT2D eigenvalue weighted by Gasteiger charge is 2.33. The van der Waals surface area contributed by atoms with Gasteiger partial charge in [0, 0.05) is 38.8 Å². The number of likely N-dealkylation sites (tertiary alicyclic amines) is 2. The number of aromatic amines is 1. The van der Waals surface area contributed by atoms with Crippen LogP contribution in [0.2, 0.25) is 0 Å². The number of hydrogen-bond acceptors (Lipinski definition) is 3. The first-order chi connectivity index (χ1) is 11.7. The lowest BCUT2D eigenvalue weighted by molar-refractivity contribution is -0.141. The largest absolute Gasteiger partial charge is 0.342 e. The fourth-order valence-electron chi connectivity index (χ4n) is 3.95. The van der Waals surface area contributed by atoms with Crippen molar-refractivity contribution < 1.29 is 9.59 Å². The molecule has 2 aliphatic rings. The number of piperidine rings is 2. The maximum atomic E-state index is 12.8. The van der Waals surface area contributed by atoms with Crippen molar-refractivity contribution in [2.24, 2.45) is 5.92 Å². The molecule has 0 aromatic carbocycles. The molecule has 1 aromatic heterocycles. The highest BCUT2D eigenvalue weighted by Crippen LogP contribution is 2.29. The smallest absolute Gasteiger partial charge is 0.227 e. The van der Waals surface area contributed by atoms with E-state index in [4.69, 9.17) is 0 Å². The highest BCUT2D eigenvalue weighted by atomic mass is 16.2. The van der Waals surface area contributed by atoms with Crippen LogP contribution in [-0.4, -0.2) is 58.0 Å². The summed E-state index contributed by atoms with van der Waals surface area (Å²) in [6.45, 7) is 5.07. The molecule has 0 bridgehead atoms. The van der Waals surface area contributed by atoms with Crippen LogP contribution in [-0.2, 0) is 9.59 Å². The van der Waals surface area contributed by atoms with Crippen LogP contribution in [0.5, 0.6) is 0 Å². The summed E-state index contributed by atoms with van der Waals surface area (Å²) in [5.74, 6) is 0.940. The third-order valence-corrected chi connectivity index (χ3v) is 5.38. The summed E-state index contributed by atoms with van der Waals surface area (Å²) in [5, 5.41) is 6.89. The van der Waals surface area contributed by atoms with Gasteiger partial charge in [0.2, 0.25) is 11.8 Å². The number of amides is 2. The van der Waals surface area contributed by atoms with Crippen LogP contribution in [0.4, 0.5) is 0 Å². The van der Waals surface area contributed by atoms with E-state index in [9.17, 15) is 9.59 Å². The Kier molecular flexibility index (Phi) is 5.53. The van der Waals surface area contributed by atoms with Gasteiger partial charge in [0.15, 0.2) is 0 Å². The molecule has 2 aliphatic heterocycles. The maximum Gasteiger partial charge on any atom is 0.227 e. The summed E-state index contributed by atoms with van der Waals surface area (Å²) in [5.41, 5.74) is 1.25. The fourth-order valence-corrected chi connectivity index (χ4v) is 3.95. The Morgan fingerprint density at radius 1 is 1.21 bits per heavy atom. The molecule has 1 N–H and O–H groups in total. The molecule has 0 radical (unpaired) electrons. The monoisotopic (exact) mass is 332 g/mol. The normalized spacial score (nSPS) is 22.6. The Labute approximate surface area is 143 Å². The number of carbonyl (C=O) groups excluding carboxylic acids is 2. The first-order valence-electron chi connectivity index (χ1n) is 9.24. The first-order valence-corrected chi connectivity index (χ1v) is 9.24. The molecule has 24 heavy (non-hydrogen) atoms. The Hall–Kier alpha value is -1.85. The molecule has 3 rings (SSSR count). The van der Waals surface area contributed by atoms with Gasteiger partial charge in [-0.05, 0) is 43.6 Å². The van der Waals surface area contributed by atoms with Crippen LogP contribution in [0.1, 0.15) is 56.9 Å². The number of hydrogen-bond donors (Lipinski definition) is 1. The summed E-state index contributed by atoms with van der Waals surface area (Å²) < 4.78 is 0. The molecule has 6 heteroatoms. The van der Waals surface area contributed by atoms with Gasteiger partial charge >= 0.3 is 0 Å². The second kappa shape index (κ2) is 7.81. The number of nitrogens with zero attached hydrogens (tertiary/aromatic N) is 3. The molecular weight excluding hydrogens is 304 g/mol. The van der Waals surface area contributed by atoms with Gasteiger partial charge in [0.25, 0.3) is 0 Å². The van der Waals surface area contributed by atoms with E-state index in [0.717, 1.165) is 51.7 Å². The van der Waals surface area contributed by atoms with E-state index in [1.54, 1.807) is 0 Å². The molecule has 3 heterocycles. The van der Waals surface area contributed by atoms with Gasteiger partial charge < -0.3 is 9.80 Å². The molecular formula is C18H28N4O2. The van der Waals surface area contributed by atoms with Gasteiger partial charge in [0.1, 0.15) is 0 Å². The lowest BCUT2D eigenvalue weighted by atomic mass is 9.90. The summed E-state index contributed by atoms with van der Waals surface area (Å²) in [4.78, 5) is 28.9. The van der Waals surface area contributed by atoms with E-state index in [-0.39, 0.29) is 17.7 Å². The minimum absolute atomic E-state index is 0.00923. The van der Waals surface area contributed by atoms with Gasteiger partial charge in [-0.2, -0.15) is 5.10 Å². The van der Waals surface area contributed by atoms with E-state index in [1.807, 2.05) is 29.1 Å². The molecule has 1 atom stereocenters. The zero-order chi connectivity index (χ0) is 16.9. The van der Waals surface area contributed by atoms with Crippen molar-refractivity contribution in [3.63, 3.8) is 0 Å². The van der Waals surface area contributed by atoms with Crippen LogP contribution in [0, 0.1) is 5.92 Å². The van der Waals surface area contributed by atoms with Crippen LogP contribution in [0.25, 0.3) is 0 Å². The van der Waals surface area contributed by atoms with Gasteiger partial charge in [-0.1, -0.05) is 6.92 Å². The predicted octanol–water partition coefficient (Wildman–Crippen LogP) is 2.15. The third kappa shape index (κ3) is 3.79. The van der Waals surface area contributed by atoms with Gasteiger partial charge in [-0.15, -0.1) is 0 Å². The molecule has 2 fully saturated rings. The molecule has 1 aromatic rings. The molecule has 6 nitrogen and oxygen atoms in total. The van der Waals surface area contributed by atoms with E-state index >= 15 is 0 Å². The second-order valence-electron chi connectivity index (χ2n) is 7.06. The molecule has 2 saturated heterocycles. The van der Waals surface area contributed by atoms with Crippen LogP contribution in [0.15, 0.2) is 12.4 Å². The minimum Gasteiger partial charge on any atom is -0.342 e. The number of H-pyrrole nitrogens is 1. The third-order valence-electron chi connectivity index (χ3n) is 5.38. The Morgan fingerprint density at radius 2 is 2.00 bits per heavy atom. The number of carbonyl (C=O) groups is 2. The topological polar surface area (TPSA) is 69.3 Å². The van der Waals surface area contributed by atoms with E-state index in [0.29, 0.717) is 18.9 Å². The number of nitrogens with one attached hydrogen (secondary N) is 1. The SMILES string of the molecule is CCCC(=O)N1CCC[C@H](C(=O)N2CCC(c3cn[nH]c3)CC2)C1. The van der Waals surface area contributed by atoms with Crippen LogP contribution in [0.3, 0.4) is 0 Å². The van der Waals surface area contributed by atoms with Gasteiger partial charge in [-0.3, -0.25) is 14.7 Å². The lowest BCUT2D eigenvalue weighted by Gasteiger charge is -2.37. The predicted molar refractivity (Wildman–Crippen MR) is 91.4 cm³/mol. The Bertz CT molecular complexity index is 549. The zero-order valence-corrected chi connectivity index (χ0v) is 14.5. The van der Waals surface area contributed by atoms with Crippen molar-refractivity contribution in [3.8, 4) is 0 Å². The number of aromatic nitrogens is 2. The van der Waals surface area contributed by atoms with Crippen molar-refractivity contribution >= 4 is 11.8 Å². The standard InChI is InChI=1S/C18H28N4O2/c1-2-4-17(23)22-8-3-5-15(13-22)18(24)21-9-6-14(7-10-21)16-11-19-20-12-16/h11-12,14-15H,2-10,13H2,1H3,(H,19,20)/t15-/m0/s1. The molecule has 132 valence electrons.